The van der Waals surface area contributed by atoms with Gasteiger partial charge >= 0.3 is 0 Å². The van der Waals surface area contributed by atoms with Gasteiger partial charge in [0.1, 0.15) is 34.4 Å². The van der Waals surface area contributed by atoms with Gasteiger partial charge in [-0.2, -0.15) is 0 Å². The van der Waals surface area contributed by atoms with Crippen LogP contribution >= 0.6 is 0 Å². The van der Waals surface area contributed by atoms with E-state index in [2.05, 4.69) is 23.8 Å². The largest absolute Gasteiger partial charge is 0.494 e. The molecule has 0 saturated heterocycles. The standard InChI is InChI=1S/C44H36N2O8S/c1-5-29-13-17-31(18-14-29)43(47)45-41-37(51-3)9-7-11-39(41)53-33-21-25-35(26-22-33)55(49,50)36-27-23-34(24-28-36)54-40-12-8-10-38(52-4)42(40)46-44(48)32-19-15-30(6-2)16-20-32/h5-28H,1-2H2,3-4H3,(H,45,47)(H,46,48). The second kappa shape index (κ2) is 16.7. The zero-order chi connectivity index (χ0) is 39.0. The lowest BCUT2D eigenvalue weighted by Gasteiger charge is -2.16. The molecular formula is C44H36N2O8S. The summed E-state index contributed by atoms with van der Waals surface area (Å²) in [5.74, 6) is 1.26. The second-order valence-electron chi connectivity index (χ2n) is 11.9. The van der Waals surface area contributed by atoms with Crippen LogP contribution in [0.2, 0.25) is 0 Å². The van der Waals surface area contributed by atoms with E-state index in [1.54, 1.807) is 97.1 Å². The highest BCUT2D eigenvalue weighted by Crippen LogP contribution is 2.39. The highest BCUT2D eigenvalue weighted by atomic mass is 32.2. The van der Waals surface area contributed by atoms with Gasteiger partial charge in [-0.05, 0) is 108 Å². The molecule has 0 unspecified atom stereocenters. The Kier molecular flexibility index (Phi) is 11.4. The van der Waals surface area contributed by atoms with Crippen molar-refractivity contribution in [3.05, 3.63) is 169 Å². The highest BCUT2D eigenvalue weighted by Gasteiger charge is 2.21. The maximum atomic E-state index is 13.6. The van der Waals surface area contributed by atoms with Gasteiger partial charge in [0, 0.05) is 11.1 Å². The summed E-state index contributed by atoms with van der Waals surface area (Å²) < 4.78 is 50.4. The van der Waals surface area contributed by atoms with Gasteiger partial charge in [0.05, 0.1) is 24.0 Å². The molecule has 0 aliphatic carbocycles. The normalized spacial score (nSPS) is 10.8. The molecule has 6 rings (SSSR count). The van der Waals surface area contributed by atoms with E-state index in [1.807, 2.05) is 0 Å². The van der Waals surface area contributed by atoms with Crippen molar-refractivity contribution in [2.75, 3.05) is 24.9 Å². The van der Waals surface area contributed by atoms with E-state index in [4.69, 9.17) is 18.9 Å². The maximum absolute atomic E-state index is 13.6. The number of methoxy groups -OCH3 is 2. The average molecular weight is 753 g/mol. The smallest absolute Gasteiger partial charge is 0.255 e. The molecule has 0 aliphatic heterocycles. The molecule has 0 saturated carbocycles. The molecule has 0 aromatic heterocycles. The minimum Gasteiger partial charge on any atom is -0.494 e. The number of rotatable bonds is 14. The fourth-order valence-corrected chi connectivity index (χ4v) is 6.72. The number of nitrogens with one attached hydrogen (secondary N) is 2. The van der Waals surface area contributed by atoms with Gasteiger partial charge < -0.3 is 29.6 Å². The SMILES string of the molecule is C=Cc1ccc(C(=O)Nc2c(OC)cccc2Oc2ccc(S(=O)(=O)c3ccc(Oc4cccc(OC)c4NC(=O)c4ccc(C=C)cc4)cc3)cc2)cc1. The Bertz CT molecular complexity index is 2290. The summed E-state index contributed by atoms with van der Waals surface area (Å²) in [5.41, 5.74) is 3.23. The first-order chi connectivity index (χ1) is 26.6. The predicted octanol–water partition coefficient (Wildman–Crippen LogP) is 9.91. The van der Waals surface area contributed by atoms with E-state index in [-0.39, 0.29) is 21.6 Å². The van der Waals surface area contributed by atoms with Crippen LogP contribution in [0.4, 0.5) is 11.4 Å². The molecule has 55 heavy (non-hydrogen) atoms. The van der Waals surface area contributed by atoms with E-state index >= 15 is 0 Å². The Morgan fingerprint density at radius 1 is 0.509 bits per heavy atom. The summed E-state index contributed by atoms with van der Waals surface area (Å²) >= 11 is 0. The van der Waals surface area contributed by atoms with Crippen molar-refractivity contribution in [1.82, 2.24) is 0 Å². The maximum Gasteiger partial charge on any atom is 0.255 e. The van der Waals surface area contributed by atoms with Gasteiger partial charge in [-0.25, -0.2) is 8.42 Å². The van der Waals surface area contributed by atoms with Crippen LogP contribution in [-0.2, 0) is 9.84 Å². The molecule has 6 aromatic rings. The Morgan fingerprint density at radius 2 is 0.855 bits per heavy atom. The van der Waals surface area contributed by atoms with Crippen molar-refractivity contribution in [3.63, 3.8) is 0 Å². The number of para-hydroxylation sites is 2. The molecule has 2 amide bonds. The third-order valence-electron chi connectivity index (χ3n) is 8.43. The molecule has 6 aromatic carbocycles. The van der Waals surface area contributed by atoms with Crippen LogP contribution in [0, 0.1) is 0 Å². The minimum atomic E-state index is -3.94. The lowest BCUT2D eigenvalue weighted by Crippen LogP contribution is -2.13. The van der Waals surface area contributed by atoms with E-state index in [1.165, 1.54) is 62.8 Å². The Labute approximate surface area is 319 Å². The fourth-order valence-electron chi connectivity index (χ4n) is 5.45. The number of carbonyl (C=O) groups is 2. The topological polar surface area (TPSA) is 129 Å². The number of hydrogen-bond acceptors (Lipinski definition) is 8. The van der Waals surface area contributed by atoms with Crippen molar-refractivity contribution in [3.8, 4) is 34.5 Å². The number of ether oxygens (including phenoxy) is 4. The van der Waals surface area contributed by atoms with Crippen LogP contribution in [0.15, 0.2) is 156 Å². The minimum absolute atomic E-state index is 0.0366. The fraction of sp³-hybridized carbons (Fsp3) is 0.0455. The monoisotopic (exact) mass is 752 g/mol. The van der Waals surface area contributed by atoms with Crippen LogP contribution < -0.4 is 29.6 Å². The van der Waals surface area contributed by atoms with Gasteiger partial charge in [0.2, 0.25) is 9.84 Å². The van der Waals surface area contributed by atoms with Crippen molar-refractivity contribution in [2.45, 2.75) is 9.79 Å². The van der Waals surface area contributed by atoms with Gasteiger partial charge in [-0.3, -0.25) is 9.59 Å². The lowest BCUT2D eigenvalue weighted by atomic mass is 10.1. The van der Waals surface area contributed by atoms with Crippen molar-refractivity contribution in [1.29, 1.82) is 0 Å². The molecular weight excluding hydrogens is 717 g/mol. The van der Waals surface area contributed by atoms with Gasteiger partial charge in [0.25, 0.3) is 11.8 Å². The second-order valence-corrected chi connectivity index (χ2v) is 13.8. The molecule has 11 heteroatoms. The van der Waals surface area contributed by atoms with Crippen molar-refractivity contribution < 1.29 is 37.0 Å². The molecule has 276 valence electrons. The van der Waals surface area contributed by atoms with Crippen LogP contribution in [-0.4, -0.2) is 34.5 Å². The summed E-state index contributed by atoms with van der Waals surface area (Å²) in [7, 11) is -0.977. The van der Waals surface area contributed by atoms with Crippen LogP contribution in [0.25, 0.3) is 12.2 Å². The predicted molar refractivity (Wildman–Crippen MR) is 213 cm³/mol. The third-order valence-corrected chi connectivity index (χ3v) is 10.2. The summed E-state index contributed by atoms with van der Waals surface area (Å²) in [6, 6.07) is 35.9. The van der Waals surface area contributed by atoms with Crippen LogP contribution in [0.1, 0.15) is 31.8 Å². The Morgan fingerprint density at radius 3 is 1.18 bits per heavy atom. The molecule has 0 spiro atoms. The molecule has 0 bridgehead atoms. The van der Waals surface area contributed by atoms with E-state index < -0.39 is 9.84 Å². The molecule has 10 nitrogen and oxygen atoms in total. The number of amides is 2. The number of anilines is 2. The van der Waals surface area contributed by atoms with Gasteiger partial charge in [-0.1, -0.05) is 61.7 Å². The third kappa shape index (κ3) is 8.59. The first-order valence-electron chi connectivity index (χ1n) is 16.9. The molecule has 0 heterocycles. The first-order valence-corrected chi connectivity index (χ1v) is 18.3. The van der Waals surface area contributed by atoms with E-state index in [0.29, 0.717) is 57.0 Å². The zero-order valence-electron chi connectivity index (χ0n) is 29.9. The summed E-state index contributed by atoms with van der Waals surface area (Å²) in [6.07, 6.45) is 3.37. The molecule has 2 N–H and O–H groups in total. The van der Waals surface area contributed by atoms with E-state index in [9.17, 15) is 18.0 Å². The molecule has 0 aliphatic rings. The molecule has 0 atom stereocenters. The number of hydrogen-bond donors (Lipinski definition) is 2. The Balaban J connectivity index is 1.16. The Hall–Kier alpha value is -7.11. The molecule has 0 radical (unpaired) electrons. The lowest BCUT2D eigenvalue weighted by molar-refractivity contribution is 0.101. The quantitative estimate of drug-likeness (QED) is 0.113. The number of carbonyl (C=O) groups excluding carboxylic acids is 2. The number of sulfone groups is 1. The molecule has 0 fully saturated rings. The average Bonchev–Trinajstić information content (AvgIpc) is 3.22. The zero-order valence-corrected chi connectivity index (χ0v) is 30.8. The summed E-state index contributed by atoms with van der Waals surface area (Å²) in [4.78, 5) is 26.3. The number of benzene rings is 6. The first kappa shape index (κ1) is 37.6. The van der Waals surface area contributed by atoms with Crippen molar-refractivity contribution >= 4 is 45.2 Å². The van der Waals surface area contributed by atoms with Gasteiger partial charge in [0.15, 0.2) is 11.5 Å². The van der Waals surface area contributed by atoms with Crippen LogP contribution in [0.5, 0.6) is 34.5 Å². The summed E-state index contributed by atoms with van der Waals surface area (Å²) in [6.45, 7) is 7.47. The van der Waals surface area contributed by atoms with Crippen molar-refractivity contribution in [2.24, 2.45) is 0 Å². The highest BCUT2D eigenvalue weighted by molar-refractivity contribution is 7.91. The van der Waals surface area contributed by atoms with Gasteiger partial charge in [-0.15, -0.1) is 0 Å². The summed E-state index contributed by atoms with van der Waals surface area (Å²) in [5, 5.41) is 5.72. The van der Waals surface area contributed by atoms with Crippen LogP contribution in [0.3, 0.4) is 0 Å². The van der Waals surface area contributed by atoms with E-state index in [0.717, 1.165) is 11.1 Å².